The Hall–Kier alpha value is -0.760. The average molecular weight is 334 g/mol. The summed E-state index contributed by atoms with van der Waals surface area (Å²) in [5.74, 6) is 1.03. The monoisotopic (exact) mass is 333 g/mol. The van der Waals surface area contributed by atoms with E-state index in [1.165, 1.54) is 4.40 Å². The molecule has 2 heterocycles. The highest BCUT2D eigenvalue weighted by Crippen LogP contribution is 2.22. The van der Waals surface area contributed by atoms with Crippen LogP contribution in [-0.2, 0) is 10.0 Å². The molecule has 0 amide bonds. The minimum absolute atomic E-state index is 0.000340. The number of imidazole rings is 1. The first-order chi connectivity index (χ1) is 9.56. The van der Waals surface area contributed by atoms with Crippen molar-refractivity contribution in [1.82, 2.24) is 14.1 Å². The van der Waals surface area contributed by atoms with E-state index in [1.54, 1.807) is 36.2 Å². The van der Waals surface area contributed by atoms with Crippen molar-refractivity contribution in [3.05, 3.63) is 29.5 Å². The number of pyridine rings is 1. The van der Waals surface area contributed by atoms with E-state index in [0.29, 0.717) is 12.2 Å². The molecule has 0 aromatic carbocycles. The second kappa shape index (κ2) is 6.80. The molecule has 20 heavy (non-hydrogen) atoms. The van der Waals surface area contributed by atoms with Gasteiger partial charge in [0.05, 0.1) is 0 Å². The number of rotatable bonds is 7. The van der Waals surface area contributed by atoms with Crippen LogP contribution in [-0.4, -0.2) is 36.4 Å². The number of nitrogens with one attached hydrogen (secondary N) is 1. The van der Waals surface area contributed by atoms with Gasteiger partial charge in [-0.2, -0.15) is 11.8 Å². The molecule has 0 saturated heterocycles. The van der Waals surface area contributed by atoms with Gasteiger partial charge in [0, 0.05) is 12.7 Å². The van der Waals surface area contributed by atoms with Gasteiger partial charge in [-0.05, 0) is 37.0 Å². The molecule has 0 aliphatic rings. The van der Waals surface area contributed by atoms with E-state index < -0.39 is 10.0 Å². The van der Waals surface area contributed by atoms with Crippen molar-refractivity contribution in [2.75, 3.05) is 18.6 Å². The summed E-state index contributed by atoms with van der Waals surface area (Å²) in [4.78, 5) is 4.04. The summed E-state index contributed by atoms with van der Waals surface area (Å²) in [6.45, 7) is 0.402. The van der Waals surface area contributed by atoms with Crippen molar-refractivity contribution >= 4 is 39.0 Å². The van der Waals surface area contributed by atoms with E-state index in [2.05, 4.69) is 9.71 Å². The van der Waals surface area contributed by atoms with E-state index in [1.807, 2.05) is 6.26 Å². The fourth-order valence-electron chi connectivity index (χ4n) is 1.83. The number of fused-ring (bicyclic) bond motifs is 1. The number of hydrogen-bond acceptors (Lipinski definition) is 4. The van der Waals surface area contributed by atoms with E-state index in [4.69, 9.17) is 11.6 Å². The van der Waals surface area contributed by atoms with Crippen molar-refractivity contribution in [3.63, 3.8) is 0 Å². The van der Waals surface area contributed by atoms with Crippen LogP contribution in [0.25, 0.3) is 5.65 Å². The first-order valence-corrected chi connectivity index (χ1v) is 9.43. The molecule has 5 nitrogen and oxygen atoms in total. The number of nitrogens with zero attached hydrogens (tertiary/aromatic N) is 2. The van der Waals surface area contributed by atoms with Crippen LogP contribution in [0.1, 0.15) is 12.8 Å². The summed E-state index contributed by atoms with van der Waals surface area (Å²) >= 11 is 7.71. The molecule has 0 aliphatic heterocycles. The van der Waals surface area contributed by atoms with Crippen molar-refractivity contribution in [2.24, 2.45) is 0 Å². The number of unbranched alkanes of at least 4 members (excludes halogenated alkanes) is 1. The molecule has 0 radical (unpaired) electrons. The van der Waals surface area contributed by atoms with Crippen molar-refractivity contribution in [2.45, 2.75) is 17.9 Å². The Morgan fingerprint density at radius 2 is 2.20 bits per heavy atom. The van der Waals surface area contributed by atoms with Crippen LogP contribution in [0, 0.1) is 0 Å². The quantitative estimate of drug-likeness (QED) is 0.790. The van der Waals surface area contributed by atoms with Crippen LogP contribution in [0.4, 0.5) is 0 Å². The number of hydrogen-bond donors (Lipinski definition) is 1. The Kier molecular flexibility index (Phi) is 5.31. The lowest BCUT2D eigenvalue weighted by Gasteiger charge is -2.06. The number of halogens is 1. The van der Waals surface area contributed by atoms with Crippen LogP contribution in [0.5, 0.6) is 0 Å². The third-order valence-corrected chi connectivity index (χ3v) is 5.32. The van der Waals surface area contributed by atoms with Gasteiger partial charge < -0.3 is 0 Å². The lowest BCUT2D eigenvalue weighted by atomic mass is 10.3. The van der Waals surface area contributed by atoms with Crippen molar-refractivity contribution < 1.29 is 8.42 Å². The molecule has 1 N–H and O–H groups in total. The molecule has 110 valence electrons. The zero-order chi connectivity index (χ0) is 14.6. The molecule has 0 aliphatic carbocycles. The van der Waals surface area contributed by atoms with E-state index >= 15 is 0 Å². The maximum absolute atomic E-state index is 12.3. The Bertz CT molecular complexity index is 685. The third kappa shape index (κ3) is 3.46. The van der Waals surface area contributed by atoms with Gasteiger partial charge in [0.15, 0.2) is 10.2 Å². The molecule has 0 unspecified atom stereocenters. The van der Waals surface area contributed by atoms with Gasteiger partial charge in [0.1, 0.15) is 5.65 Å². The molecule has 0 fully saturated rings. The predicted molar refractivity (Wildman–Crippen MR) is 83.0 cm³/mol. The van der Waals surface area contributed by atoms with E-state index in [-0.39, 0.29) is 10.2 Å². The van der Waals surface area contributed by atoms with Gasteiger partial charge in [0.2, 0.25) is 0 Å². The largest absolute Gasteiger partial charge is 0.288 e. The van der Waals surface area contributed by atoms with Gasteiger partial charge in [-0.3, -0.25) is 4.40 Å². The summed E-state index contributed by atoms with van der Waals surface area (Å²) < 4.78 is 28.6. The fourth-order valence-corrected chi connectivity index (χ4v) is 4.04. The molecule has 0 spiro atoms. The summed E-state index contributed by atoms with van der Waals surface area (Å²) in [5, 5.41) is -0.00699. The molecule has 0 atom stereocenters. The Morgan fingerprint density at radius 1 is 1.40 bits per heavy atom. The molecular weight excluding hydrogens is 318 g/mol. The van der Waals surface area contributed by atoms with Crippen LogP contribution in [0.2, 0.25) is 5.15 Å². The second-order valence-corrected chi connectivity index (χ2v) is 7.26. The van der Waals surface area contributed by atoms with Crippen LogP contribution in [0.3, 0.4) is 0 Å². The highest BCUT2D eigenvalue weighted by molar-refractivity contribution is 7.98. The summed E-state index contributed by atoms with van der Waals surface area (Å²) in [6.07, 6.45) is 5.44. The standard InChI is InChI=1S/C12H16ClN3O2S2/c1-19-9-5-3-7-14-20(17,18)12-11(13)15-10-6-2-4-8-16(10)12/h2,4,6,8,14H,3,5,7,9H2,1H3. The first kappa shape index (κ1) is 15.6. The maximum atomic E-state index is 12.3. The van der Waals surface area contributed by atoms with Gasteiger partial charge in [-0.1, -0.05) is 17.7 Å². The van der Waals surface area contributed by atoms with Gasteiger partial charge in [-0.25, -0.2) is 18.1 Å². The average Bonchev–Trinajstić information content (AvgIpc) is 2.75. The van der Waals surface area contributed by atoms with E-state index in [9.17, 15) is 8.42 Å². The van der Waals surface area contributed by atoms with Crippen LogP contribution < -0.4 is 4.72 Å². The predicted octanol–water partition coefficient (Wildman–Crippen LogP) is 2.41. The molecule has 0 saturated carbocycles. The SMILES string of the molecule is CSCCCCNS(=O)(=O)c1c(Cl)nc2ccccn12. The normalized spacial score (nSPS) is 12.1. The second-order valence-electron chi connectivity index (χ2n) is 4.23. The Morgan fingerprint density at radius 3 is 2.95 bits per heavy atom. The van der Waals surface area contributed by atoms with E-state index in [0.717, 1.165) is 18.6 Å². The summed E-state index contributed by atoms with van der Waals surface area (Å²) in [7, 11) is -3.65. The van der Waals surface area contributed by atoms with Crippen molar-refractivity contribution in [3.8, 4) is 0 Å². The topological polar surface area (TPSA) is 63.5 Å². The highest BCUT2D eigenvalue weighted by atomic mass is 35.5. The van der Waals surface area contributed by atoms with Gasteiger partial charge in [-0.15, -0.1) is 0 Å². The molecule has 0 bridgehead atoms. The summed E-state index contributed by atoms with van der Waals surface area (Å²) in [6, 6.07) is 5.23. The summed E-state index contributed by atoms with van der Waals surface area (Å²) in [5.41, 5.74) is 0.514. The first-order valence-electron chi connectivity index (χ1n) is 6.17. The zero-order valence-electron chi connectivity index (χ0n) is 11.0. The number of aromatic nitrogens is 2. The van der Waals surface area contributed by atoms with Crippen LogP contribution >= 0.6 is 23.4 Å². The zero-order valence-corrected chi connectivity index (χ0v) is 13.4. The molecule has 2 aromatic heterocycles. The van der Waals surface area contributed by atoms with Gasteiger partial charge in [0.25, 0.3) is 10.0 Å². The van der Waals surface area contributed by atoms with Gasteiger partial charge >= 0.3 is 0 Å². The molecule has 8 heteroatoms. The molecule has 2 aromatic rings. The van der Waals surface area contributed by atoms with Crippen LogP contribution in [0.15, 0.2) is 29.4 Å². The fraction of sp³-hybridized carbons (Fsp3) is 0.417. The number of sulfonamides is 1. The Balaban J connectivity index is 2.17. The smallest absolute Gasteiger partial charge is 0.259 e. The third-order valence-electron chi connectivity index (χ3n) is 2.77. The minimum Gasteiger partial charge on any atom is -0.288 e. The molecular formula is C12H16ClN3O2S2. The highest BCUT2D eigenvalue weighted by Gasteiger charge is 2.23. The lowest BCUT2D eigenvalue weighted by Crippen LogP contribution is -2.26. The maximum Gasteiger partial charge on any atom is 0.259 e. The van der Waals surface area contributed by atoms with Crippen molar-refractivity contribution in [1.29, 1.82) is 0 Å². The minimum atomic E-state index is -3.65. The number of thioether (sulfide) groups is 1. The Labute approximate surface area is 127 Å². The molecule has 2 rings (SSSR count). The lowest BCUT2D eigenvalue weighted by molar-refractivity contribution is 0.573.